The van der Waals surface area contributed by atoms with E-state index in [1.807, 2.05) is 29.0 Å². The highest BCUT2D eigenvalue weighted by Crippen LogP contribution is 2.44. The smallest absolute Gasteiger partial charge is 0.227 e. The van der Waals surface area contributed by atoms with Crippen molar-refractivity contribution in [1.82, 2.24) is 14.8 Å². The number of amides is 2. The molecule has 0 spiro atoms. The van der Waals surface area contributed by atoms with Gasteiger partial charge in [-0.15, -0.1) is 0 Å². The van der Waals surface area contributed by atoms with Gasteiger partial charge in [-0.1, -0.05) is 0 Å². The molecule has 2 saturated heterocycles. The van der Waals surface area contributed by atoms with Gasteiger partial charge < -0.3 is 14.5 Å². The van der Waals surface area contributed by atoms with E-state index in [0.717, 1.165) is 44.3 Å². The van der Waals surface area contributed by atoms with Crippen molar-refractivity contribution in [1.29, 1.82) is 0 Å². The highest BCUT2D eigenvalue weighted by Gasteiger charge is 2.47. The Balaban J connectivity index is 1.51. The Morgan fingerprint density at radius 2 is 2.04 bits per heavy atom. The number of rotatable bonds is 6. The lowest BCUT2D eigenvalue weighted by atomic mass is 9.83. The largest absolute Gasteiger partial charge is 0.378 e. The molecular formula is C21H29N3O3. The molecule has 2 aliphatic heterocycles. The van der Waals surface area contributed by atoms with Crippen LogP contribution in [0.2, 0.25) is 0 Å². The molecule has 1 aliphatic carbocycles. The summed E-state index contributed by atoms with van der Waals surface area (Å²) in [5.41, 5.74) is 1.02. The van der Waals surface area contributed by atoms with Gasteiger partial charge >= 0.3 is 0 Å². The SMILES string of the molecule is CN(CCC1CCCO1)C(=O)[C@H]1CCC(=O)N(C2CC2)[C@@H]1c1ccncc1. The molecule has 3 atom stereocenters. The van der Waals surface area contributed by atoms with E-state index in [-0.39, 0.29) is 29.9 Å². The average molecular weight is 371 g/mol. The average Bonchev–Trinajstić information content (AvgIpc) is 3.40. The van der Waals surface area contributed by atoms with Crippen molar-refractivity contribution < 1.29 is 14.3 Å². The van der Waals surface area contributed by atoms with Crippen molar-refractivity contribution >= 4 is 11.8 Å². The number of hydrogen-bond donors (Lipinski definition) is 0. The van der Waals surface area contributed by atoms with Crippen LogP contribution in [0.4, 0.5) is 0 Å². The van der Waals surface area contributed by atoms with E-state index in [1.54, 1.807) is 12.4 Å². The number of ether oxygens (including phenoxy) is 1. The number of carbonyl (C=O) groups is 2. The lowest BCUT2D eigenvalue weighted by Crippen LogP contribution is -2.49. The first-order chi connectivity index (χ1) is 13.1. The van der Waals surface area contributed by atoms with Crippen LogP contribution in [0, 0.1) is 5.92 Å². The Morgan fingerprint density at radius 3 is 2.70 bits per heavy atom. The second kappa shape index (κ2) is 7.97. The van der Waals surface area contributed by atoms with E-state index in [1.165, 1.54) is 0 Å². The van der Waals surface area contributed by atoms with Crippen molar-refractivity contribution in [3.63, 3.8) is 0 Å². The molecule has 0 N–H and O–H groups in total. The third-order valence-corrected chi connectivity index (χ3v) is 6.13. The molecule has 27 heavy (non-hydrogen) atoms. The van der Waals surface area contributed by atoms with Gasteiger partial charge in [-0.2, -0.15) is 0 Å². The molecule has 3 heterocycles. The number of piperidine rings is 1. The lowest BCUT2D eigenvalue weighted by molar-refractivity contribution is -0.148. The normalized spacial score (nSPS) is 28.4. The van der Waals surface area contributed by atoms with Gasteiger partial charge in [-0.3, -0.25) is 14.6 Å². The van der Waals surface area contributed by atoms with E-state index in [0.29, 0.717) is 25.4 Å². The molecule has 0 radical (unpaired) electrons. The fourth-order valence-electron chi connectivity index (χ4n) is 4.51. The van der Waals surface area contributed by atoms with Crippen molar-refractivity contribution in [2.75, 3.05) is 20.2 Å². The van der Waals surface area contributed by atoms with E-state index in [2.05, 4.69) is 4.98 Å². The summed E-state index contributed by atoms with van der Waals surface area (Å²) in [7, 11) is 1.89. The summed E-state index contributed by atoms with van der Waals surface area (Å²) < 4.78 is 5.69. The van der Waals surface area contributed by atoms with Gasteiger partial charge in [0, 0.05) is 45.1 Å². The predicted molar refractivity (Wildman–Crippen MR) is 101 cm³/mol. The minimum atomic E-state index is -0.180. The standard InChI is InChI=1S/C21H29N3O3/c1-23(13-10-17-3-2-14-27-17)21(26)18-6-7-19(25)24(16-4-5-16)20(18)15-8-11-22-12-9-15/h8-9,11-12,16-18,20H,2-7,10,13-14H2,1H3/t17?,18-,20+/m0/s1. The molecule has 6 heteroatoms. The molecule has 1 aromatic rings. The molecule has 2 amide bonds. The van der Waals surface area contributed by atoms with Gasteiger partial charge in [0.2, 0.25) is 11.8 Å². The van der Waals surface area contributed by atoms with Crippen molar-refractivity contribution in [2.24, 2.45) is 5.92 Å². The van der Waals surface area contributed by atoms with Crippen LogP contribution in [0.25, 0.3) is 0 Å². The summed E-state index contributed by atoms with van der Waals surface area (Å²) in [6.45, 7) is 1.55. The highest BCUT2D eigenvalue weighted by atomic mass is 16.5. The lowest BCUT2D eigenvalue weighted by Gasteiger charge is -2.42. The summed E-state index contributed by atoms with van der Waals surface area (Å²) in [4.78, 5) is 33.9. The summed E-state index contributed by atoms with van der Waals surface area (Å²) in [6, 6.07) is 4.03. The van der Waals surface area contributed by atoms with Crippen LogP contribution in [-0.4, -0.2) is 58.9 Å². The summed E-state index contributed by atoms with van der Waals surface area (Å²) in [6.07, 6.45) is 10.1. The monoisotopic (exact) mass is 371 g/mol. The van der Waals surface area contributed by atoms with Crippen LogP contribution < -0.4 is 0 Å². The maximum absolute atomic E-state index is 13.3. The van der Waals surface area contributed by atoms with Crippen LogP contribution in [0.1, 0.15) is 56.6 Å². The van der Waals surface area contributed by atoms with Gasteiger partial charge in [0.1, 0.15) is 0 Å². The third kappa shape index (κ3) is 4.00. The molecule has 0 bridgehead atoms. The van der Waals surface area contributed by atoms with Crippen molar-refractivity contribution in [3.05, 3.63) is 30.1 Å². The van der Waals surface area contributed by atoms with Crippen LogP contribution in [-0.2, 0) is 14.3 Å². The zero-order valence-electron chi connectivity index (χ0n) is 16.0. The Bertz CT molecular complexity index is 671. The van der Waals surface area contributed by atoms with Gasteiger partial charge in [-0.25, -0.2) is 0 Å². The molecule has 4 rings (SSSR count). The first kappa shape index (κ1) is 18.4. The van der Waals surface area contributed by atoms with Gasteiger partial charge in [0.15, 0.2) is 0 Å². The second-order valence-electron chi connectivity index (χ2n) is 8.09. The number of pyridine rings is 1. The van der Waals surface area contributed by atoms with Crippen LogP contribution in [0.3, 0.4) is 0 Å². The Kier molecular flexibility index (Phi) is 5.43. The number of carbonyl (C=O) groups excluding carboxylic acids is 2. The summed E-state index contributed by atoms with van der Waals surface area (Å²) in [5.74, 6) is 0.151. The summed E-state index contributed by atoms with van der Waals surface area (Å²) >= 11 is 0. The van der Waals surface area contributed by atoms with E-state index in [9.17, 15) is 9.59 Å². The first-order valence-electron chi connectivity index (χ1n) is 10.2. The summed E-state index contributed by atoms with van der Waals surface area (Å²) in [5, 5.41) is 0. The number of aromatic nitrogens is 1. The maximum atomic E-state index is 13.3. The van der Waals surface area contributed by atoms with Gasteiger partial charge in [-0.05, 0) is 56.2 Å². The third-order valence-electron chi connectivity index (χ3n) is 6.13. The fraction of sp³-hybridized carbons (Fsp3) is 0.667. The van der Waals surface area contributed by atoms with Crippen LogP contribution in [0.5, 0.6) is 0 Å². The maximum Gasteiger partial charge on any atom is 0.227 e. The van der Waals surface area contributed by atoms with E-state index in [4.69, 9.17) is 4.74 Å². The topological polar surface area (TPSA) is 62.7 Å². The van der Waals surface area contributed by atoms with Crippen molar-refractivity contribution in [3.8, 4) is 0 Å². The van der Waals surface area contributed by atoms with Gasteiger partial charge in [0.25, 0.3) is 0 Å². The zero-order valence-corrected chi connectivity index (χ0v) is 16.0. The molecule has 1 aromatic heterocycles. The van der Waals surface area contributed by atoms with E-state index >= 15 is 0 Å². The molecule has 146 valence electrons. The molecule has 6 nitrogen and oxygen atoms in total. The molecular weight excluding hydrogens is 342 g/mol. The fourth-order valence-corrected chi connectivity index (χ4v) is 4.51. The van der Waals surface area contributed by atoms with Crippen molar-refractivity contribution in [2.45, 2.75) is 63.1 Å². The molecule has 0 aromatic carbocycles. The minimum Gasteiger partial charge on any atom is -0.378 e. The van der Waals surface area contributed by atoms with E-state index < -0.39 is 0 Å². The molecule has 3 fully saturated rings. The Morgan fingerprint density at radius 1 is 1.26 bits per heavy atom. The minimum absolute atomic E-state index is 0.146. The van der Waals surface area contributed by atoms with Crippen LogP contribution >= 0.6 is 0 Å². The molecule has 1 saturated carbocycles. The number of likely N-dealkylation sites (tertiary alicyclic amines) is 1. The molecule has 1 unspecified atom stereocenters. The Hall–Kier alpha value is -1.95. The number of nitrogens with zero attached hydrogens (tertiary/aromatic N) is 3. The van der Waals surface area contributed by atoms with Crippen LogP contribution in [0.15, 0.2) is 24.5 Å². The quantitative estimate of drug-likeness (QED) is 0.771. The predicted octanol–water partition coefficient (Wildman–Crippen LogP) is 2.55. The highest BCUT2D eigenvalue weighted by molar-refractivity contribution is 5.85. The second-order valence-corrected chi connectivity index (χ2v) is 8.09. The van der Waals surface area contributed by atoms with Gasteiger partial charge in [0.05, 0.1) is 18.1 Å². The Labute approximate surface area is 160 Å². The number of hydrogen-bond acceptors (Lipinski definition) is 4. The zero-order chi connectivity index (χ0) is 18.8. The molecule has 3 aliphatic rings. The first-order valence-corrected chi connectivity index (χ1v) is 10.2.